The number of methoxy groups -OCH3 is 1. The predicted molar refractivity (Wildman–Crippen MR) is 76.9 cm³/mol. The van der Waals surface area contributed by atoms with Gasteiger partial charge >= 0.3 is 5.97 Å². The molecular weight excluding hydrogens is 274 g/mol. The molecule has 0 radical (unpaired) electrons. The summed E-state index contributed by atoms with van der Waals surface area (Å²) in [6.45, 7) is 5.54. The highest BCUT2D eigenvalue weighted by Gasteiger charge is 2.22. The third-order valence-corrected chi connectivity index (χ3v) is 3.60. The van der Waals surface area contributed by atoms with Crippen molar-refractivity contribution in [3.63, 3.8) is 0 Å². The summed E-state index contributed by atoms with van der Waals surface area (Å²) in [5.74, 6) is 1.15. The number of carboxylic acids is 1. The molecule has 6 heteroatoms. The van der Waals surface area contributed by atoms with Crippen LogP contribution < -0.4 is 14.2 Å². The first-order valence-electron chi connectivity index (χ1n) is 6.97. The lowest BCUT2D eigenvalue weighted by Gasteiger charge is -2.27. The summed E-state index contributed by atoms with van der Waals surface area (Å²) in [5, 5.41) is 8.92. The van der Waals surface area contributed by atoms with E-state index in [0.29, 0.717) is 23.8 Å². The van der Waals surface area contributed by atoms with Crippen molar-refractivity contribution in [1.29, 1.82) is 0 Å². The van der Waals surface area contributed by atoms with E-state index in [0.717, 1.165) is 12.1 Å². The van der Waals surface area contributed by atoms with E-state index in [2.05, 4.69) is 4.90 Å². The molecule has 1 unspecified atom stereocenters. The maximum Gasteiger partial charge on any atom is 0.304 e. The van der Waals surface area contributed by atoms with Crippen molar-refractivity contribution in [2.24, 2.45) is 0 Å². The molecule has 21 heavy (non-hydrogen) atoms. The lowest BCUT2D eigenvalue weighted by Crippen LogP contribution is -2.34. The molecule has 0 aliphatic carbocycles. The summed E-state index contributed by atoms with van der Waals surface area (Å²) in [5.41, 5.74) is 1.01. The fourth-order valence-electron chi connectivity index (χ4n) is 2.47. The lowest BCUT2D eigenvalue weighted by molar-refractivity contribution is -0.138. The fraction of sp³-hybridized carbons (Fsp3) is 0.533. The van der Waals surface area contributed by atoms with Gasteiger partial charge in [0, 0.05) is 12.6 Å². The van der Waals surface area contributed by atoms with Gasteiger partial charge in [0.25, 0.3) is 0 Å². The Labute approximate surface area is 124 Å². The van der Waals surface area contributed by atoms with Gasteiger partial charge < -0.3 is 19.3 Å². The number of carboxylic acid groups (broad SMARTS) is 1. The number of benzene rings is 1. The monoisotopic (exact) mass is 295 g/mol. The summed E-state index contributed by atoms with van der Waals surface area (Å²) >= 11 is 0. The third kappa shape index (κ3) is 3.58. The Morgan fingerprint density at radius 3 is 2.86 bits per heavy atom. The van der Waals surface area contributed by atoms with Crippen LogP contribution in [-0.2, 0) is 11.3 Å². The van der Waals surface area contributed by atoms with Crippen molar-refractivity contribution in [2.75, 3.05) is 20.4 Å². The van der Waals surface area contributed by atoms with E-state index in [1.165, 1.54) is 0 Å². The van der Waals surface area contributed by atoms with Gasteiger partial charge in [-0.15, -0.1) is 0 Å². The number of rotatable bonds is 7. The van der Waals surface area contributed by atoms with E-state index in [9.17, 15) is 4.79 Å². The Kier molecular flexibility index (Phi) is 4.90. The number of hydrogen-bond acceptors (Lipinski definition) is 5. The van der Waals surface area contributed by atoms with E-state index >= 15 is 0 Å². The Hall–Kier alpha value is -1.95. The predicted octanol–water partition coefficient (Wildman–Crippen LogP) is 2.11. The highest BCUT2D eigenvalue weighted by Crippen LogP contribution is 2.42. The molecule has 1 aliphatic rings. The molecule has 0 bridgehead atoms. The molecule has 2 rings (SSSR count). The minimum Gasteiger partial charge on any atom is -0.493 e. The zero-order chi connectivity index (χ0) is 15.4. The van der Waals surface area contributed by atoms with Crippen LogP contribution in [0.5, 0.6) is 17.2 Å². The van der Waals surface area contributed by atoms with E-state index in [1.54, 1.807) is 7.11 Å². The van der Waals surface area contributed by atoms with E-state index < -0.39 is 5.97 Å². The van der Waals surface area contributed by atoms with Crippen LogP contribution >= 0.6 is 0 Å². The van der Waals surface area contributed by atoms with Crippen LogP contribution in [0.1, 0.15) is 25.8 Å². The molecule has 1 heterocycles. The van der Waals surface area contributed by atoms with Crippen molar-refractivity contribution in [1.82, 2.24) is 4.90 Å². The van der Waals surface area contributed by atoms with Gasteiger partial charge in [-0.25, -0.2) is 0 Å². The standard InChI is InChI=1S/C15H21NO5/c1-4-16(10(2)5-14(17)18)8-11-6-12(19-3)15-13(7-11)20-9-21-15/h6-7,10H,4-5,8-9H2,1-3H3,(H,17,18). The van der Waals surface area contributed by atoms with E-state index in [4.69, 9.17) is 19.3 Å². The van der Waals surface area contributed by atoms with Crippen LogP contribution in [0.15, 0.2) is 12.1 Å². The summed E-state index contributed by atoms with van der Waals surface area (Å²) in [6.07, 6.45) is 0.121. The first-order valence-corrected chi connectivity index (χ1v) is 6.97. The number of aliphatic carboxylic acids is 1. The second kappa shape index (κ2) is 6.67. The van der Waals surface area contributed by atoms with Crippen LogP contribution in [-0.4, -0.2) is 42.5 Å². The maximum atomic E-state index is 10.9. The Morgan fingerprint density at radius 1 is 1.48 bits per heavy atom. The molecule has 6 nitrogen and oxygen atoms in total. The van der Waals surface area contributed by atoms with Crippen LogP contribution in [0, 0.1) is 0 Å². The van der Waals surface area contributed by atoms with Crippen LogP contribution in [0.25, 0.3) is 0 Å². The molecular formula is C15H21NO5. The van der Waals surface area contributed by atoms with E-state index in [1.807, 2.05) is 26.0 Å². The van der Waals surface area contributed by atoms with Gasteiger partial charge in [-0.2, -0.15) is 0 Å². The molecule has 0 aromatic heterocycles. The molecule has 1 N–H and O–H groups in total. The Bertz CT molecular complexity index is 517. The quantitative estimate of drug-likeness (QED) is 0.831. The summed E-state index contributed by atoms with van der Waals surface area (Å²) in [4.78, 5) is 13.0. The average molecular weight is 295 g/mol. The number of fused-ring (bicyclic) bond motifs is 1. The van der Waals surface area contributed by atoms with Crippen molar-refractivity contribution in [2.45, 2.75) is 32.9 Å². The number of carbonyl (C=O) groups is 1. The smallest absolute Gasteiger partial charge is 0.304 e. The Morgan fingerprint density at radius 2 is 2.24 bits per heavy atom. The second-order valence-corrected chi connectivity index (χ2v) is 5.04. The van der Waals surface area contributed by atoms with Gasteiger partial charge in [-0.1, -0.05) is 6.92 Å². The topological polar surface area (TPSA) is 68.2 Å². The van der Waals surface area contributed by atoms with Crippen LogP contribution in [0.4, 0.5) is 0 Å². The maximum absolute atomic E-state index is 10.9. The van der Waals surface area contributed by atoms with Crippen molar-refractivity contribution >= 4 is 5.97 Å². The Balaban J connectivity index is 2.16. The van der Waals surface area contributed by atoms with Crippen LogP contribution in [0.2, 0.25) is 0 Å². The SMILES string of the molecule is CCN(Cc1cc(OC)c2c(c1)OCO2)C(C)CC(=O)O. The molecule has 1 atom stereocenters. The summed E-state index contributed by atoms with van der Waals surface area (Å²) in [7, 11) is 1.59. The van der Waals surface area contributed by atoms with Gasteiger partial charge in [0.05, 0.1) is 13.5 Å². The molecule has 0 spiro atoms. The average Bonchev–Trinajstić information content (AvgIpc) is 2.91. The highest BCUT2D eigenvalue weighted by molar-refractivity contribution is 5.67. The minimum absolute atomic E-state index is 0.0380. The largest absolute Gasteiger partial charge is 0.493 e. The first kappa shape index (κ1) is 15.4. The van der Waals surface area contributed by atoms with Crippen LogP contribution in [0.3, 0.4) is 0 Å². The van der Waals surface area contributed by atoms with Gasteiger partial charge in [0.15, 0.2) is 11.5 Å². The molecule has 0 amide bonds. The summed E-state index contributed by atoms with van der Waals surface area (Å²) < 4.78 is 16.1. The fourth-order valence-corrected chi connectivity index (χ4v) is 2.47. The molecule has 1 aromatic rings. The zero-order valence-corrected chi connectivity index (χ0v) is 12.6. The first-order chi connectivity index (χ1) is 10.0. The van der Waals surface area contributed by atoms with Gasteiger partial charge in [-0.3, -0.25) is 9.69 Å². The zero-order valence-electron chi connectivity index (χ0n) is 12.6. The molecule has 1 aliphatic heterocycles. The third-order valence-electron chi connectivity index (χ3n) is 3.60. The molecule has 0 saturated heterocycles. The molecule has 0 saturated carbocycles. The van der Waals surface area contributed by atoms with Gasteiger partial charge in [-0.05, 0) is 31.2 Å². The number of hydrogen-bond donors (Lipinski definition) is 1. The van der Waals surface area contributed by atoms with Crippen molar-refractivity contribution in [3.05, 3.63) is 17.7 Å². The molecule has 0 fully saturated rings. The second-order valence-electron chi connectivity index (χ2n) is 5.04. The van der Waals surface area contributed by atoms with Gasteiger partial charge in [0.2, 0.25) is 12.5 Å². The number of ether oxygens (including phenoxy) is 3. The normalized spacial score (nSPS) is 14.3. The summed E-state index contributed by atoms with van der Waals surface area (Å²) in [6, 6.07) is 3.79. The minimum atomic E-state index is -0.788. The molecule has 116 valence electrons. The van der Waals surface area contributed by atoms with Gasteiger partial charge in [0.1, 0.15) is 0 Å². The van der Waals surface area contributed by atoms with Crippen molar-refractivity contribution in [3.8, 4) is 17.2 Å². The number of nitrogens with zero attached hydrogens (tertiary/aromatic N) is 1. The van der Waals surface area contributed by atoms with Crippen molar-refractivity contribution < 1.29 is 24.1 Å². The lowest BCUT2D eigenvalue weighted by atomic mass is 10.1. The van der Waals surface area contributed by atoms with E-state index in [-0.39, 0.29) is 19.3 Å². The highest BCUT2D eigenvalue weighted by atomic mass is 16.7. The molecule has 1 aromatic carbocycles.